The monoisotopic (exact) mass is 254 g/mol. The van der Waals surface area contributed by atoms with Crippen LogP contribution in [0.4, 0.5) is 5.69 Å². The third-order valence-corrected chi connectivity index (χ3v) is 3.38. The molecule has 1 saturated carbocycles. The highest BCUT2D eigenvalue weighted by Crippen LogP contribution is 2.35. The molecular formula is C13H19ClN2O. The highest BCUT2D eigenvalue weighted by atomic mass is 35.5. The van der Waals surface area contributed by atoms with E-state index in [1.807, 2.05) is 12.1 Å². The maximum Gasteiger partial charge on any atom is 0.0642 e. The van der Waals surface area contributed by atoms with E-state index < -0.39 is 0 Å². The quantitative estimate of drug-likeness (QED) is 0.847. The van der Waals surface area contributed by atoms with Gasteiger partial charge < -0.3 is 15.4 Å². The van der Waals surface area contributed by atoms with E-state index in [4.69, 9.17) is 22.1 Å². The number of rotatable bonds is 6. The van der Waals surface area contributed by atoms with Crippen molar-refractivity contribution >= 4 is 17.3 Å². The molecule has 1 aromatic carbocycles. The molecule has 0 amide bonds. The van der Waals surface area contributed by atoms with Gasteiger partial charge in [0, 0.05) is 26.2 Å². The van der Waals surface area contributed by atoms with Gasteiger partial charge in [0.15, 0.2) is 0 Å². The van der Waals surface area contributed by atoms with Gasteiger partial charge in [0.05, 0.1) is 17.3 Å². The summed E-state index contributed by atoms with van der Waals surface area (Å²) in [5, 5.41) is 0.788. The molecule has 0 spiro atoms. The molecular weight excluding hydrogens is 236 g/mol. The number of nitrogens with zero attached hydrogens (tertiary/aromatic N) is 1. The van der Waals surface area contributed by atoms with E-state index in [0.717, 1.165) is 29.4 Å². The van der Waals surface area contributed by atoms with E-state index in [-0.39, 0.29) is 0 Å². The number of methoxy groups -OCH3 is 1. The number of benzene rings is 1. The van der Waals surface area contributed by atoms with Crippen LogP contribution in [0.25, 0.3) is 0 Å². The van der Waals surface area contributed by atoms with Crippen molar-refractivity contribution in [3.63, 3.8) is 0 Å². The number of halogens is 1. The third-order valence-electron chi connectivity index (χ3n) is 3.08. The molecule has 0 bridgehead atoms. The van der Waals surface area contributed by atoms with Crippen molar-refractivity contribution in [2.24, 2.45) is 5.73 Å². The predicted octanol–water partition coefficient (Wildman–Crippen LogP) is 2.41. The van der Waals surface area contributed by atoms with E-state index in [1.54, 1.807) is 7.11 Å². The Bertz CT molecular complexity index is 380. The number of nitrogens with two attached hydrogens (primary N) is 1. The fraction of sp³-hybridized carbons (Fsp3) is 0.538. The summed E-state index contributed by atoms with van der Waals surface area (Å²) in [7, 11) is 1.73. The van der Waals surface area contributed by atoms with Crippen molar-refractivity contribution in [3.8, 4) is 0 Å². The Morgan fingerprint density at radius 3 is 2.76 bits per heavy atom. The molecule has 4 heteroatoms. The van der Waals surface area contributed by atoms with Crippen LogP contribution < -0.4 is 10.6 Å². The Morgan fingerprint density at radius 1 is 1.47 bits per heavy atom. The van der Waals surface area contributed by atoms with Crippen molar-refractivity contribution in [1.29, 1.82) is 0 Å². The first-order chi connectivity index (χ1) is 8.26. The Balaban J connectivity index is 2.16. The molecule has 3 nitrogen and oxygen atoms in total. The minimum Gasteiger partial charge on any atom is -0.383 e. The Morgan fingerprint density at radius 2 is 2.24 bits per heavy atom. The average Bonchev–Trinajstić information content (AvgIpc) is 3.15. The fourth-order valence-electron chi connectivity index (χ4n) is 1.99. The first kappa shape index (κ1) is 12.7. The van der Waals surface area contributed by atoms with Crippen LogP contribution in [-0.2, 0) is 11.3 Å². The van der Waals surface area contributed by atoms with Crippen LogP contribution in [0.2, 0.25) is 5.02 Å². The van der Waals surface area contributed by atoms with E-state index in [2.05, 4.69) is 11.0 Å². The van der Waals surface area contributed by atoms with Gasteiger partial charge in [-0.25, -0.2) is 0 Å². The van der Waals surface area contributed by atoms with Crippen LogP contribution in [-0.4, -0.2) is 26.3 Å². The van der Waals surface area contributed by atoms with E-state index in [0.29, 0.717) is 12.6 Å². The van der Waals surface area contributed by atoms with Crippen LogP contribution in [0.3, 0.4) is 0 Å². The molecule has 17 heavy (non-hydrogen) atoms. The Hall–Kier alpha value is -0.770. The van der Waals surface area contributed by atoms with Gasteiger partial charge >= 0.3 is 0 Å². The average molecular weight is 255 g/mol. The van der Waals surface area contributed by atoms with Gasteiger partial charge in [-0.1, -0.05) is 17.7 Å². The van der Waals surface area contributed by atoms with Crippen molar-refractivity contribution < 1.29 is 4.74 Å². The smallest absolute Gasteiger partial charge is 0.0642 e. The largest absolute Gasteiger partial charge is 0.383 e. The number of anilines is 1. The highest BCUT2D eigenvalue weighted by molar-refractivity contribution is 6.33. The number of ether oxygens (including phenoxy) is 1. The van der Waals surface area contributed by atoms with Gasteiger partial charge in [-0.3, -0.25) is 0 Å². The second kappa shape index (κ2) is 5.71. The summed E-state index contributed by atoms with van der Waals surface area (Å²) < 4.78 is 5.15. The predicted molar refractivity (Wildman–Crippen MR) is 71.6 cm³/mol. The lowest BCUT2D eigenvalue weighted by atomic mass is 10.2. The molecule has 2 rings (SSSR count). The summed E-state index contributed by atoms with van der Waals surface area (Å²) >= 11 is 6.32. The molecule has 0 unspecified atom stereocenters. The van der Waals surface area contributed by atoms with Gasteiger partial charge in [0.25, 0.3) is 0 Å². The molecule has 0 saturated heterocycles. The second-order valence-electron chi connectivity index (χ2n) is 4.41. The first-order valence-corrected chi connectivity index (χ1v) is 6.38. The molecule has 0 aromatic heterocycles. The lowest BCUT2D eigenvalue weighted by Gasteiger charge is -2.25. The molecule has 1 fully saturated rings. The van der Waals surface area contributed by atoms with Crippen LogP contribution >= 0.6 is 11.6 Å². The fourth-order valence-corrected chi connectivity index (χ4v) is 2.30. The number of hydrogen-bond donors (Lipinski definition) is 1. The van der Waals surface area contributed by atoms with E-state index >= 15 is 0 Å². The third kappa shape index (κ3) is 3.12. The molecule has 0 aliphatic heterocycles. The summed E-state index contributed by atoms with van der Waals surface area (Å²) in [6.45, 7) is 2.15. The lowest BCUT2D eigenvalue weighted by Crippen LogP contribution is -2.29. The maximum absolute atomic E-state index is 6.32. The summed E-state index contributed by atoms with van der Waals surface area (Å²) in [6.07, 6.45) is 2.50. The van der Waals surface area contributed by atoms with Crippen molar-refractivity contribution in [1.82, 2.24) is 0 Å². The van der Waals surface area contributed by atoms with Crippen molar-refractivity contribution in [2.75, 3.05) is 25.2 Å². The Kier molecular flexibility index (Phi) is 4.26. The molecule has 0 radical (unpaired) electrons. The zero-order valence-corrected chi connectivity index (χ0v) is 10.9. The van der Waals surface area contributed by atoms with Crippen LogP contribution in [0, 0.1) is 0 Å². The van der Waals surface area contributed by atoms with Crippen molar-refractivity contribution in [3.05, 3.63) is 28.8 Å². The van der Waals surface area contributed by atoms with Crippen LogP contribution in [0.1, 0.15) is 18.4 Å². The van der Waals surface area contributed by atoms with Gasteiger partial charge in [-0.2, -0.15) is 0 Å². The molecule has 94 valence electrons. The molecule has 0 atom stereocenters. The normalized spacial score (nSPS) is 15.0. The zero-order chi connectivity index (χ0) is 12.3. The van der Waals surface area contributed by atoms with Gasteiger partial charge in [0.1, 0.15) is 0 Å². The van der Waals surface area contributed by atoms with Gasteiger partial charge in [-0.05, 0) is 30.5 Å². The summed E-state index contributed by atoms with van der Waals surface area (Å²) in [5.74, 6) is 0. The molecule has 0 heterocycles. The molecule has 1 aliphatic rings. The minimum atomic E-state index is 0.529. The molecule has 2 N–H and O–H groups in total. The molecule has 1 aromatic rings. The zero-order valence-electron chi connectivity index (χ0n) is 10.2. The minimum absolute atomic E-state index is 0.529. The van der Waals surface area contributed by atoms with Gasteiger partial charge in [0.2, 0.25) is 0 Å². The van der Waals surface area contributed by atoms with Gasteiger partial charge in [-0.15, -0.1) is 0 Å². The standard InChI is InChI=1S/C13H19ClN2O/c1-17-7-6-16(11-3-4-11)13-5-2-10(9-15)8-12(13)14/h2,5,8,11H,3-4,6-7,9,15H2,1H3. The topological polar surface area (TPSA) is 38.5 Å². The summed E-state index contributed by atoms with van der Waals surface area (Å²) in [4.78, 5) is 2.34. The second-order valence-corrected chi connectivity index (χ2v) is 4.81. The van der Waals surface area contributed by atoms with E-state index in [1.165, 1.54) is 12.8 Å². The van der Waals surface area contributed by atoms with Crippen molar-refractivity contribution in [2.45, 2.75) is 25.4 Å². The molecule has 1 aliphatic carbocycles. The van der Waals surface area contributed by atoms with Crippen LogP contribution in [0.5, 0.6) is 0 Å². The first-order valence-electron chi connectivity index (χ1n) is 6.00. The number of hydrogen-bond acceptors (Lipinski definition) is 3. The lowest BCUT2D eigenvalue weighted by molar-refractivity contribution is 0.205. The summed E-state index contributed by atoms with van der Waals surface area (Å²) in [6, 6.07) is 6.70. The summed E-state index contributed by atoms with van der Waals surface area (Å²) in [5.41, 5.74) is 7.78. The SMILES string of the molecule is COCCN(c1ccc(CN)cc1Cl)C1CC1. The Labute approximate surface area is 107 Å². The van der Waals surface area contributed by atoms with Crippen LogP contribution in [0.15, 0.2) is 18.2 Å². The van der Waals surface area contributed by atoms with E-state index in [9.17, 15) is 0 Å². The maximum atomic E-state index is 6.32. The highest BCUT2D eigenvalue weighted by Gasteiger charge is 2.29.